The minimum absolute atomic E-state index is 0.0239. The first-order valence-corrected chi connectivity index (χ1v) is 7.59. The second kappa shape index (κ2) is 6.48. The smallest absolute Gasteiger partial charge is 0.258 e. The van der Waals surface area contributed by atoms with E-state index in [1.54, 1.807) is 0 Å². The molecule has 1 saturated carbocycles. The number of amides is 1. The highest BCUT2D eigenvalue weighted by atomic mass is 16.5. The quantitative estimate of drug-likeness (QED) is 0.811. The fraction of sp³-hybridized carbons (Fsp3) is 0.588. The molecule has 0 heterocycles. The van der Waals surface area contributed by atoms with Crippen molar-refractivity contribution in [3.8, 4) is 5.75 Å². The molecule has 2 N–H and O–H groups in total. The fourth-order valence-electron chi connectivity index (χ4n) is 2.46. The summed E-state index contributed by atoms with van der Waals surface area (Å²) in [6, 6.07) is 7.80. The Balaban J connectivity index is 1.87. The zero-order valence-corrected chi connectivity index (χ0v) is 13.1. The van der Waals surface area contributed by atoms with Crippen LogP contribution >= 0.6 is 0 Å². The second-order valence-electron chi connectivity index (χ2n) is 6.41. The molecule has 4 heteroatoms. The van der Waals surface area contributed by atoms with Gasteiger partial charge in [0.05, 0.1) is 12.1 Å². The molecule has 1 amide bonds. The van der Waals surface area contributed by atoms with Gasteiger partial charge >= 0.3 is 0 Å². The van der Waals surface area contributed by atoms with Crippen molar-refractivity contribution in [3.63, 3.8) is 0 Å². The maximum atomic E-state index is 12.0. The number of nitrogens with one attached hydrogen (secondary N) is 1. The van der Waals surface area contributed by atoms with Crippen LogP contribution in [-0.4, -0.2) is 29.8 Å². The third kappa shape index (κ3) is 4.21. The van der Waals surface area contributed by atoms with Crippen LogP contribution in [-0.2, 0) is 4.79 Å². The molecule has 116 valence electrons. The Morgan fingerprint density at radius 1 is 1.48 bits per heavy atom. The SMILES string of the molecule is CC(C)c1cccc(OCC(=O)NC(C)(CO)C2CC2)c1. The summed E-state index contributed by atoms with van der Waals surface area (Å²) in [6.45, 7) is 6.07. The molecule has 1 aliphatic rings. The Hall–Kier alpha value is -1.55. The number of ether oxygens (including phenoxy) is 1. The molecule has 1 aromatic rings. The summed E-state index contributed by atoms with van der Waals surface area (Å²) in [5, 5.41) is 12.4. The van der Waals surface area contributed by atoms with Crippen molar-refractivity contribution in [3.05, 3.63) is 29.8 Å². The van der Waals surface area contributed by atoms with E-state index in [0.717, 1.165) is 12.8 Å². The third-order valence-electron chi connectivity index (χ3n) is 4.13. The maximum Gasteiger partial charge on any atom is 0.258 e. The first-order chi connectivity index (χ1) is 9.94. The van der Waals surface area contributed by atoms with Crippen LogP contribution in [0.4, 0.5) is 0 Å². The number of hydrogen-bond acceptors (Lipinski definition) is 3. The van der Waals surface area contributed by atoms with E-state index in [4.69, 9.17) is 4.74 Å². The van der Waals surface area contributed by atoms with Crippen molar-refractivity contribution in [2.75, 3.05) is 13.2 Å². The molecule has 1 atom stereocenters. The van der Waals surface area contributed by atoms with E-state index in [9.17, 15) is 9.90 Å². The van der Waals surface area contributed by atoms with Crippen LogP contribution < -0.4 is 10.1 Å². The van der Waals surface area contributed by atoms with Gasteiger partial charge in [-0.1, -0.05) is 26.0 Å². The summed E-state index contributed by atoms with van der Waals surface area (Å²) < 4.78 is 5.56. The minimum Gasteiger partial charge on any atom is -0.484 e. The van der Waals surface area contributed by atoms with Gasteiger partial charge in [0.25, 0.3) is 5.91 Å². The van der Waals surface area contributed by atoms with E-state index in [2.05, 4.69) is 19.2 Å². The Morgan fingerprint density at radius 2 is 2.19 bits per heavy atom. The van der Waals surface area contributed by atoms with Crippen molar-refractivity contribution in [1.82, 2.24) is 5.32 Å². The van der Waals surface area contributed by atoms with Crippen molar-refractivity contribution < 1.29 is 14.6 Å². The first-order valence-electron chi connectivity index (χ1n) is 7.59. The van der Waals surface area contributed by atoms with Gasteiger partial charge in [-0.2, -0.15) is 0 Å². The summed E-state index contributed by atoms with van der Waals surface area (Å²) in [5.41, 5.74) is 0.673. The normalized spacial score (nSPS) is 17.4. The van der Waals surface area contributed by atoms with Gasteiger partial charge in [-0.05, 0) is 49.3 Å². The molecule has 0 bridgehead atoms. The van der Waals surface area contributed by atoms with Crippen LogP contribution in [0.25, 0.3) is 0 Å². The van der Waals surface area contributed by atoms with Crippen LogP contribution in [0.15, 0.2) is 24.3 Å². The number of aliphatic hydroxyl groups excluding tert-OH is 1. The Bertz CT molecular complexity index is 497. The van der Waals surface area contributed by atoms with Gasteiger partial charge < -0.3 is 15.2 Å². The summed E-state index contributed by atoms with van der Waals surface area (Å²) >= 11 is 0. The van der Waals surface area contributed by atoms with Crippen LogP contribution in [0, 0.1) is 5.92 Å². The van der Waals surface area contributed by atoms with Crippen molar-refractivity contribution in [2.24, 2.45) is 5.92 Å². The number of carbonyl (C=O) groups is 1. The highest BCUT2D eigenvalue weighted by Crippen LogP contribution is 2.39. The standard InChI is InChI=1S/C17H25NO3/c1-12(2)13-5-4-6-15(9-13)21-10-16(20)18-17(3,11-19)14-7-8-14/h4-6,9,12,14,19H,7-8,10-11H2,1-3H3,(H,18,20). The molecule has 0 aliphatic heterocycles. The molecule has 2 rings (SSSR count). The molecule has 1 aliphatic carbocycles. The van der Waals surface area contributed by atoms with Crippen molar-refractivity contribution in [2.45, 2.75) is 45.1 Å². The molecule has 1 aromatic carbocycles. The highest BCUT2D eigenvalue weighted by molar-refractivity contribution is 5.78. The Labute approximate surface area is 126 Å². The zero-order valence-electron chi connectivity index (χ0n) is 13.1. The lowest BCUT2D eigenvalue weighted by atomic mass is 9.97. The monoisotopic (exact) mass is 291 g/mol. The van der Waals surface area contributed by atoms with Crippen molar-refractivity contribution in [1.29, 1.82) is 0 Å². The maximum absolute atomic E-state index is 12.0. The van der Waals surface area contributed by atoms with Crippen LogP contribution in [0.3, 0.4) is 0 Å². The number of aliphatic hydroxyl groups is 1. The van der Waals surface area contributed by atoms with Gasteiger partial charge in [-0.3, -0.25) is 4.79 Å². The zero-order chi connectivity index (χ0) is 15.5. The number of benzene rings is 1. The number of hydrogen-bond donors (Lipinski definition) is 2. The van der Waals surface area contributed by atoms with E-state index < -0.39 is 5.54 Å². The van der Waals surface area contributed by atoms with E-state index >= 15 is 0 Å². The predicted molar refractivity (Wildman–Crippen MR) is 82.4 cm³/mol. The fourth-order valence-corrected chi connectivity index (χ4v) is 2.46. The molecule has 0 radical (unpaired) electrons. The van der Waals surface area contributed by atoms with E-state index in [1.807, 2.05) is 31.2 Å². The summed E-state index contributed by atoms with van der Waals surface area (Å²) in [5.74, 6) is 1.33. The summed E-state index contributed by atoms with van der Waals surface area (Å²) in [7, 11) is 0. The first kappa shape index (κ1) is 15.8. The largest absolute Gasteiger partial charge is 0.484 e. The summed E-state index contributed by atoms with van der Waals surface area (Å²) in [6.07, 6.45) is 2.13. The van der Waals surface area contributed by atoms with Gasteiger partial charge in [0.1, 0.15) is 5.75 Å². The highest BCUT2D eigenvalue weighted by Gasteiger charge is 2.42. The lowest BCUT2D eigenvalue weighted by molar-refractivity contribution is -0.125. The van der Waals surface area contributed by atoms with Gasteiger partial charge in [-0.25, -0.2) is 0 Å². The van der Waals surface area contributed by atoms with Gasteiger partial charge in [0.15, 0.2) is 6.61 Å². The topological polar surface area (TPSA) is 58.6 Å². The molecule has 1 unspecified atom stereocenters. The van der Waals surface area contributed by atoms with Crippen LogP contribution in [0.1, 0.15) is 45.1 Å². The molecule has 4 nitrogen and oxygen atoms in total. The average Bonchev–Trinajstić information content (AvgIpc) is 3.30. The van der Waals surface area contributed by atoms with Gasteiger partial charge in [-0.15, -0.1) is 0 Å². The van der Waals surface area contributed by atoms with E-state index in [0.29, 0.717) is 17.6 Å². The molecule has 21 heavy (non-hydrogen) atoms. The molecule has 0 spiro atoms. The lowest BCUT2D eigenvalue weighted by Crippen LogP contribution is -2.52. The third-order valence-corrected chi connectivity index (χ3v) is 4.13. The predicted octanol–water partition coefficient (Wildman–Crippen LogP) is 2.47. The molecule has 1 fully saturated rings. The molecule has 0 saturated heterocycles. The Morgan fingerprint density at radius 3 is 2.76 bits per heavy atom. The molecular formula is C17H25NO3. The van der Waals surface area contributed by atoms with Crippen molar-refractivity contribution >= 4 is 5.91 Å². The summed E-state index contributed by atoms with van der Waals surface area (Å²) in [4.78, 5) is 12.0. The molecule has 0 aromatic heterocycles. The number of carbonyl (C=O) groups excluding carboxylic acids is 1. The minimum atomic E-state index is -0.514. The second-order valence-corrected chi connectivity index (χ2v) is 6.41. The number of rotatable bonds is 7. The Kier molecular flexibility index (Phi) is 4.88. The van der Waals surface area contributed by atoms with Gasteiger partial charge in [0.2, 0.25) is 0 Å². The van der Waals surface area contributed by atoms with E-state index in [1.165, 1.54) is 5.56 Å². The van der Waals surface area contributed by atoms with Gasteiger partial charge in [0, 0.05) is 0 Å². The van der Waals surface area contributed by atoms with Crippen LogP contribution in [0.5, 0.6) is 5.75 Å². The lowest BCUT2D eigenvalue weighted by Gasteiger charge is -2.28. The molecular weight excluding hydrogens is 266 g/mol. The van der Waals surface area contributed by atoms with E-state index in [-0.39, 0.29) is 19.1 Å². The van der Waals surface area contributed by atoms with Crippen LogP contribution in [0.2, 0.25) is 0 Å². The average molecular weight is 291 g/mol.